The fraction of sp³-hybridized carbons (Fsp3) is 0.351. The minimum atomic E-state index is -1.04. The van der Waals surface area contributed by atoms with Crippen LogP contribution in [0.1, 0.15) is 69.5 Å². The van der Waals surface area contributed by atoms with E-state index in [4.69, 9.17) is 29.2 Å². The number of H-pyrrole nitrogens is 1. The molecule has 11 heteroatoms. The number of nitrogens with zero attached hydrogens (tertiary/aromatic N) is 3. The first-order chi connectivity index (χ1) is 22.9. The van der Waals surface area contributed by atoms with Crippen LogP contribution in [0.15, 0.2) is 78.3 Å². The van der Waals surface area contributed by atoms with Crippen molar-refractivity contribution in [1.82, 2.24) is 4.98 Å². The number of aliphatic imine (C=N–C) groups is 3. The van der Waals surface area contributed by atoms with Gasteiger partial charge in [-0.15, -0.1) is 0 Å². The van der Waals surface area contributed by atoms with Gasteiger partial charge >= 0.3 is 17.9 Å². The Morgan fingerprint density at radius 2 is 1.67 bits per heavy atom. The Balaban J connectivity index is 1.91. The summed E-state index contributed by atoms with van der Waals surface area (Å²) < 4.78 is 15.1. The summed E-state index contributed by atoms with van der Waals surface area (Å²) in [6.07, 6.45) is 8.52. The van der Waals surface area contributed by atoms with Crippen LogP contribution in [-0.4, -0.2) is 66.5 Å². The molecule has 5 rings (SSSR count). The van der Waals surface area contributed by atoms with Crippen molar-refractivity contribution >= 4 is 53.3 Å². The van der Waals surface area contributed by atoms with Crippen LogP contribution in [0, 0.1) is 18.8 Å². The van der Waals surface area contributed by atoms with E-state index in [2.05, 4.69) is 11.6 Å². The number of allylic oxidation sites excluding steroid dienone is 6. The molecule has 0 fully saturated rings. The molecule has 0 saturated carbocycles. The molecule has 0 aromatic carbocycles. The minimum absolute atomic E-state index is 0.0104. The number of methoxy groups -OCH3 is 3. The molecule has 48 heavy (non-hydrogen) atoms. The Bertz CT molecular complexity index is 1940. The number of hydrogen-bond donors (Lipinski definition) is 2. The molecule has 250 valence electrons. The maximum absolute atomic E-state index is 13.4. The summed E-state index contributed by atoms with van der Waals surface area (Å²) in [5, 5.41) is 11.5. The van der Waals surface area contributed by atoms with E-state index < -0.39 is 29.6 Å². The van der Waals surface area contributed by atoms with Gasteiger partial charge in [0.1, 0.15) is 0 Å². The number of carbonyl (C=O) groups excluding carboxylic acids is 3. The summed E-state index contributed by atoms with van der Waals surface area (Å²) in [5.74, 6) is -3.73. The average Bonchev–Trinajstić information content (AvgIpc) is 3.75. The van der Waals surface area contributed by atoms with Crippen LogP contribution >= 0.6 is 0 Å². The van der Waals surface area contributed by atoms with E-state index in [0.717, 1.165) is 46.5 Å². The number of hydrogen-bond acceptors (Lipinski definition) is 10. The second-order valence-corrected chi connectivity index (χ2v) is 12.0. The molecule has 1 aromatic heterocycles. The molecule has 11 nitrogen and oxygen atoms in total. The molecule has 4 aliphatic rings. The van der Waals surface area contributed by atoms with Crippen LogP contribution in [0.25, 0.3) is 18.2 Å². The molecule has 0 radical (unpaired) electrons. The second kappa shape index (κ2) is 13.4. The molecular formula is C37H40N4O7. The number of fused-ring (bicyclic) bond motifs is 5. The zero-order chi connectivity index (χ0) is 35.0. The second-order valence-electron chi connectivity index (χ2n) is 12.0. The number of aliphatic hydroxyl groups is 1. The third kappa shape index (κ3) is 5.74. The number of ether oxygens (including phenoxy) is 3. The van der Waals surface area contributed by atoms with Crippen LogP contribution in [0.5, 0.6) is 0 Å². The number of aliphatic hydroxyl groups excluding tert-OH is 1. The maximum Gasteiger partial charge on any atom is 0.373 e. The van der Waals surface area contributed by atoms with E-state index in [-0.39, 0.29) is 41.3 Å². The van der Waals surface area contributed by atoms with Crippen molar-refractivity contribution in [2.45, 2.75) is 53.9 Å². The average molecular weight is 653 g/mol. The van der Waals surface area contributed by atoms with Crippen molar-refractivity contribution in [2.24, 2.45) is 26.8 Å². The summed E-state index contributed by atoms with van der Waals surface area (Å²) >= 11 is 0. The molecule has 0 aliphatic carbocycles. The van der Waals surface area contributed by atoms with Crippen LogP contribution in [0.2, 0.25) is 0 Å². The lowest BCUT2D eigenvalue weighted by Gasteiger charge is -2.21. The molecule has 5 heterocycles. The van der Waals surface area contributed by atoms with Gasteiger partial charge in [0.15, 0.2) is 0 Å². The Morgan fingerprint density at radius 3 is 2.29 bits per heavy atom. The SMILES string of the molecule is C=Cc1c2[nH]c(c1C)C=C1N=C(/C(=C(\O)C(=O)OC)C3=NC(=CC4=NC(=C2)C(C)=C4CC)C(C)=C3C(=O)OC)[C@@H](CCC(=O)OC)[C@@H]1C. The lowest BCUT2D eigenvalue weighted by atomic mass is 9.81. The quantitative estimate of drug-likeness (QED) is 0.151. The molecule has 2 atom stereocenters. The number of aromatic amines is 1. The number of aromatic nitrogens is 1. The van der Waals surface area contributed by atoms with Crippen LogP contribution < -0.4 is 0 Å². The summed E-state index contributed by atoms with van der Waals surface area (Å²) in [5.41, 5.74) is 8.71. The van der Waals surface area contributed by atoms with E-state index in [9.17, 15) is 19.5 Å². The van der Waals surface area contributed by atoms with E-state index in [1.54, 1.807) is 19.1 Å². The number of esters is 3. The summed E-state index contributed by atoms with van der Waals surface area (Å²) in [6, 6.07) is 0. The highest BCUT2D eigenvalue weighted by atomic mass is 16.5. The lowest BCUT2D eigenvalue weighted by molar-refractivity contribution is -0.141. The molecule has 0 unspecified atom stereocenters. The van der Waals surface area contributed by atoms with Gasteiger partial charge in [0.25, 0.3) is 0 Å². The van der Waals surface area contributed by atoms with Gasteiger partial charge in [0.2, 0.25) is 5.76 Å². The first-order valence-electron chi connectivity index (χ1n) is 15.8. The maximum atomic E-state index is 13.4. The Morgan fingerprint density at radius 1 is 0.958 bits per heavy atom. The monoisotopic (exact) mass is 652 g/mol. The van der Waals surface area contributed by atoms with Gasteiger partial charge in [-0.25, -0.2) is 19.6 Å². The van der Waals surface area contributed by atoms with E-state index in [1.165, 1.54) is 14.2 Å². The third-order valence-corrected chi connectivity index (χ3v) is 9.44. The summed E-state index contributed by atoms with van der Waals surface area (Å²) in [7, 11) is 3.71. The molecule has 1 aromatic rings. The minimum Gasteiger partial charge on any atom is -0.501 e. The molecule has 2 N–H and O–H groups in total. The van der Waals surface area contributed by atoms with Crippen molar-refractivity contribution in [3.05, 3.63) is 85.9 Å². The topological polar surface area (TPSA) is 152 Å². The van der Waals surface area contributed by atoms with Crippen molar-refractivity contribution in [3.8, 4) is 0 Å². The van der Waals surface area contributed by atoms with Crippen LogP contribution in [-0.2, 0) is 28.6 Å². The standard InChI is InChI=1S/C37H40N4O7/c1-10-21-17(3)24-14-26-19(5)23(12-13-30(42)46-7)33(40-26)32(35(43)37(45)48-9)34-31(36(44)47-8)20(6)27(41-34)16-29-22(11-2)18(4)25(39-29)15-28(21)38-24/h10,14-16,19,23,38,43H,1,11-13H2,2-9H3/b25-15?,26-14?,27-16?,35-32+/t19-,23-/m0/s1. The number of carbonyl (C=O) groups is 3. The van der Waals surface area contributed by atoms with Gasteiger partial charge in [0, 0.05) is 40.9 Å². The highest BCUT2D eigenvalue weighted by molar-refractivity contribution is 6.41. The molecular weight excluding hydrogens is 612 g/mol. The Kier molecular flexibility index (Phi) is 9.52. The number of nitrogens with one attached hydrogen (secondary N) is 1. The molecule has 0 saturated heterocycles. The molecule has 0 amide bonds. The third-order valence-electron chi connectivity index (χ3n) is 9.44. The van der Waals surface area contributed by atoms with Crippen LogP contribution in [0.4, 0.5) is 0 Å². The predicted octanol–water partition coefficient (Wildman–Crippen LogP) is 6.32. The first-order valence-corrected chi connectivity index (χ1v) is 15.8. The fourth-order valence-corrected chi connectivity index (χ4v) is 6.65. The fourth-order valence-electron chi connectivity index (χ4n) is 6.65. The largest absolute Gasteiger partial charge is 0.501 e. The summed E-state index contributed by atoms with van der Waals surface area (Å²) in [4.78, 5) is 57.2. The van der Waals surface area contributed by atoms with Gasteiger partial charge in [0.05, 0.1) is 61.0 Å². The zero-order valence-electron chi connectivity index (χ0n) is 28.5. The molecule has 8 bridgehead atoms. The van der Waals surface area contributed by atoms with E-state index in [0.29, 0.717) is 29.1 Å². The van der Waals surface area contributed by atoms with Crippen LogP contribution in [0.3, 0.4) is 0 Å². The van der Waals surface area contributed by atoms with Gasteiger partial charge < -0.3 is 24.3 Å². The van der Waals surface area contributed by atoms with Crippen molar-refractivity contribution < 1.29 is 33.7 Å². The van der Waals surface area contributed by atoms with Crippen molar-refractivity contribution in [2.75, 3.05) is 21.3 Å². The lowest BCUT2D eigenvalue weighted by Crippen LogP contribution is -2.29. The van der Waals surface area contributed by atoms with Crippen molar-refractivity contribution in [1.29, 1.82) is 0 Å². The smallest absolute Gasteiger partial charge is 0.373 e. The van der Waals surface area contributed by atoms with Crippen molar-refractivity contribution in [3.63, 3.8) is 0 Å². The Labute approximate surface area is 279 Å². The van der Waals surface area contributed by atoms with Gasteiger partial charge in [-0.3, -0.25) is 9.79 Å². The number of rotatable bonds is 7. The highest BCUT2D eigenvalue weighted by Crippen LogP contribution is 2.42. The summed E-state index contributed by atoms with van der Waals surface area (Å²) in [6.45, 7) is 13.8. The normalized spacial score (nSPS) is 21.2. The van der Waals surface area contributed by atoms with Gasteiger partial charge in [-0.2, -0.15) is 0 Å². The van der Waals surface area contributed by atoms with E-state index >= 15 is 0 Å². The first kappa shape index (κ1) is 34.0. The predicted molar refractivity (Wildman–Crippen MR) is 185 cm³/mol. The van der Waals surface area contributed by atoms with Gasteiger partial charge in [-0.1, -0.05) is 26.5 Å². The zero-order valence-corrected chi connectivity index (χ0v) is 28.5. The van der Waals surface area contributed by atoms with Gasteiger partial charge in [-0.05, 0) is 74.1 Å². The van der Waals surface area contributed by atoms with E-state index in [1.807, 2.05) is 39.8 Å². The molecule has 0 spiro atoms. The Hall–Kier alpha value is -5.32. The molecule has 4 aliphatic heterocycles. The highest BCUT2D eigenvalue weighted by Gasteiger charge is 2.42.